The van der Waals surface area contributed by atoms with Crippen molar-refractivity contribution >= 4 is 11.9 Å². The number of ether oxygens (including phenoxy) is 2. The van der Waals surface area contributed by atoms with Gasteiger partial charge < -0.3 is 19.2 Å². The van der Waals surface area contributed by atoms with E-state index < -0.39 is 5.97 Å². The summed E-state index contributed by atoms with van der Waals surface area (Å²) < 4.78 is 17.5. The number of aryl methyl sites for hydroxylation is 2. The zero-order valence-corrected chi connectivity index (χ0v) is 15.9. The summed E-state index contributed by atoms with van der Waals surface area (Å²) in [6, 6.07) is 11.7. The molecule has 0 bridgehead atoms. The van der Waals surface area contributed by atoms with Crippen molar-refractivity contribution in [2.24, 2.45) is 7.05 Å². The highest BCUT2D eigenvalue weighted by Gasteiger charge is 2.12. The number of rotatable bonds is 7. The lowest BCUT2D eigenvalue weighted by Crippen LogP contribution is -2.22. The maximum atomic E-state index is 12.2. The van der Waals surface area contributed by atoms with Crippen LogP contribution in [0.4, 0.5) is 0 Å². The van der Waals surface area contributed by atoms with Gasteiger partial charge in [-0.3, -0.25) is 9.48 Å². The maximum Gasteiger partial charge on any atom is 0.337 e. The highest BCUT2D eigenvalue weighted by atomic mass is 16.5. The van der Waals surface area contributed by atoms with Gasteiger partial charge in [0.2, 0.25) is 0 Å². The second-order valence-electron chi connectivity index (χ2n) is 6.15. The Bertz CT molecular complexity index is 953. The molecular formula is C20H21N3O5. The van der Waals surface area contributed by atoms with Crippen molar-refractivity contribution in [2.45, 2.75) is 20.1 Å². The lowest BCUT2D eigenvalue weighted by molar-refractivity contribution is 0.0600. The van der Waals surface area contributed by atoms with Gasteiger partial charge in [-0.1, -0.05) is 0 Å². The summed E-state index contributed by atoms with van der Waals surface area (Å²) in [5.74, 6) is 0.551. The van der Waals surface area contributed by atoms with Crippen molar-refractivity contribution in [2.75, 3.05) is 7.11 Å². The highest BCUT2D eigenvalue weighted by Crippen LogP contribution is 2.16. The van der Waals surface area contributed by atoms with Crippen LogP contribution in [0.5, 0.6) is 5.75 Å². The van der Waals surface area contributed by atoms with Crippen LogP contribution in [0.15, 0.2) is 46.9 Å². The number of esters is 1. The SMILES string of the molecule is COC(=O)c1ccc(OCc2ccc(C(=O)NCc3cc(C)n(C)n3)o2)cc1. The second-order valence-corrected chi connectivity index (χ2v) is 6.15. The lowest BCUT2D eigenvalue weighted by Gasteiger charge is -2.05. The van der Waals surface area contributed by atoms with E-state index in [1.165, 1.54) is 7.11 Å². The average Bonchev–Trinajstić information content (AvgIpc) is 3.31. The van der Waals surface area contributed by atoms with Crippen LogP contribution in [-0.4, -0.2) is 28.8 Å². The smallest absolute Gasteiger partial charge is 0.337 e. The fraction of sp³-hybridized carbons (Fsp3) is 0.250. The zero-order chi connectivity index (χ0) is 20.1. The molecule has 1 amide bonds. The number of hydrogen-bond acceptors (Lipinski definition) is 6. The van der Waals surface area contributed by atoms with Gasteiger partial charge in [0.1, 0.15) is 18.1 Å². The van der Waals surface area contributed by atoms with Crippen LogP contribution in [0.25, 0.3) is 0 Å². The Kier molecular flexibility index (Phi) is 5.78. The number of aromatic nitrogens is 2. The Morgan fingerprint density at radius 2 is 1.93 bits per heavy atom. The number of furan rings is 1. The molecular weight excluding hydrogens is 362 g/mol. The minimum absolute atomic E-state index is 0.157. The van der Waals surface area contributed by atoms with E-state index >= 15 is 0 Å². The Morgan fingerprint density at radius 1 is 1.18 bits per heavy atom. The summed E-state index contributed by atoms with van der Waals surface area (Å²) in [6.07, 6.45) is 0. The largest absolute Gasteiger partial charge is 0.486 e. The summed E-state index contributed by atoms with van der Waals surface area (Å²) in [5, 5.41) is 7.06. The van der Waals surface area contributed by atoms with Crippen LogP contribution in [-0.2, 0) is 24.9 Å². The molecule has 1 aromatic carbocycles. The van der Waals surface area contributed by atoms with Gasteiger partial charge in [-0.2, -0.15) is 5.10 Å². The lowest BCUT2D eigenvalue weighted by atomic mass is 10.2. The second kappa shape index (κ2) is 8.43. The first-order valence-electron chi connectivity index (χ1n) is 8.64. The fourth-order valence-electron chi connectivity index (χ4n) is 2.52. The molecule has 0 saturated heterocycles. The van der Waals surface area contributed by atoms with Crippen molar-refractivity contribution < 1.29 is 23.5 Å². The van der Waals surface area contributed by atoms with Gasteiger partial charge in [-0.05, 0) is 49.4 Å². The third kappa shape index (κ3) is 4.59. The fourth-order valence-corrected chi connectivity index (χ4v) is 2.52. The Balaban J connectivity index is 1.52. The van der Waals surface area contributed by atoms with E-state index in [0.29, 0.717) is 23.6 Å². The maximum absolute atomic E-state index is 12.2. The number of hydrogen-bond donors (Lipinski definition) is 1. The quantitative estimate of drug-likeness (QED) is 0.630. The van der Waals surface area contributed by atoms with E-state index in [1.807, 2.05) is 20.0 Å². The molecule has 0 atom stereocenters. The van der Waals surface area contributed by atoms with Gasteiger partial charge in [0.15, 0.2) is 5.76 Å². The molecule has 0 aliphatic heterocycles. The van der Waals surface area contributed by atoms with Gasteiger partial charge in [-0.25, -0.2) is 4.79 Å². The predicted molar refractivity (Wildman–Crippen MR) is 99.9 cm³/mol. The number of benzene rings is 1. The van der Waals surface area contributed by atoms with Crippen molar-refractivity contribution in [1.82, 2.24) is 15.1 Å². The molecule has 3 aromatic rings. The molecule has 8 heteroatoms. The topological polar surface area (TPSA) is 95.6 Å². The van der Waals surface area contributed by atoms with E-state index in [2.05, 4.69) is 15.2 Å². The van der Waals surface area contributed by atoms with Gasteiger partial charge in [0, 0.05) is 12.7 Å². The van der Waals surface area contributed by atoms with E-state index in [0.717, 1.165) is 11.4 Å². The van der Waals surface area contributed by atoms with E-state index in [1.54, 1.807) is 41.1 Å². The van der Waals surface area contributed by atoms with Crippen LogP contribution >= 0.6 is 0 Å². The monoisotopic (exact) mass is 383 g/mol. The summed E-state index contributed by atoms with van der Waals surface area (Å²) in [7, 11) is 3.18. The summed E-state index contributed by atoms with van der Waals surface area (Å²) >= 11 is 0. The first-order chi connectivity index (χ1) is 13.5. The van der Waals surface area contributed by atoms with Crippen LogP contribution in [0.2, 0.25) is 0 Å². The molecule has 2 heterocycles. The zero-order valence-electron chi connectivity index (χ0n) is 15.9. The first-order valence-corrected chi connectivity index (χ1v) is 8.64. The summed E-state index contributed by atoms with van der Waals surface area (Å²) in [5.41, 5.74) is 2.23. The Labute approximate surface area is 162 Å². The first kappa shape index (κ1) is 19.2. The number of nitrogens with zero attached hydrogens (tertiary/aromatic N) is 2. The third-order valence-electron chi connectivity index (χ3n) is 4.14. The molecule has 3 rings (SSSR count). The predicted octanol–water partition coefficient (Wildman–Crippen LogP) is 2.62. The summed E-state index contributed by atoms with van der Waals surface area (Å²) in [4.78, 5) is 23.6. The van der Waals surface area contributed by atoms with E-state index in [9.17, 15) is 9.59 Å². The third-order valence-corrected chi connectivity index (χ3v) is 4.14. The Morgan fingerprint density at radius 3 is 2.57 bits per heavy atom. The molecule has 0 spiro atoms. The molecule has 0 aliphatic rings. The minimum atomic E-state index is -0.408. The van der Waals surface area contributed by atoms with Gasteiger partial charge in [0.25, 0.3) is 5.91 Å². The average molecular weight is 383 g/mol. The van der Waals surface area contributed by atoms with Crippen molar-refractivity contribution in [3.8, 4) is 5.75 Å². The van der Waals surface area contributed by atoms with Crippen molar-refractivity contribution in [3.63, 3.8) is 0 Å². The molecule has 0 fully saturated rings. The highest BCUT2D eigenvalue weighted by molar-refractivity contribution is 5.91. The normalized spacial score (nSPS) is 10.5. The van der Waals surface area contributed by atoms with Crippen molar-refractivity contribution in [3.05, 3.63) is 70.9 Å². The van der Waals surface area contributed by atoms with Crippen LogP contribution in [0.1, 0.15) is 38.1 Å². The molecule has 146 valence electrons. The van der Waals surface area contributed by atoms with Gasteiger partial charge in [-0.15, -0.1) is 0 Å². The number of carbonyl (C=O) groups is 2. The number of amides is 1. The number of nitrogens with one attached hydrogen (secondary N) is 1. The van der Waals surface area contributed by atoms with Crippen molar-refractivity contribution in [1.29, 1.82) is 0 Å². The molecule has 28 heavy (non-hydrogen) atoms. The minimum Gasteiger partial charge on any atom is -0.486 e. The van der Waals surface area contributed by atoms with Crippen LogP contribution < -0.4 is 10.1 Å². The molecule has 1 N–H and O–H groups in total. The number of carbonyl (C=O) groups excluding carboxylic acids is 2. The number of methoxy groups -OCH3 is 1. The molecule has 0 saturated carbocycles. The standard InChI is InChI=1S/C20H21N3O5/c1-13-10-15(22-23(13)2)11-21-19(24)18-9-8-17(28-18)12-27-16-6-4-14(5-7-16)20(25)26-3/h4-10H,11-12H2,1-3H3,(H,21,24). The molecule has 8 nitrogen and oxygen atoms in total. The molecule has 0 aliphatic carbocycles. The van der Waals surface area contributed by atoms with E-state index in [-0.39, 0.29) is 18.3 Å². The molecule has 0 unspecified atom stereocenters. The van der Waals surface area contributed by atoms with Crippen LogP contribution in [0, 0.1) is 6.92 Å². The van der Waals surface area contributed by atoms with E-state index in [4.69, 9.17) is 9.15 Å². The molecule has 2 aromatic heterocycles. The van der Waals surface area contributed by atoms with Gasteiger partial charge in [0.05, 0.1) is 24.9 Å². The molecule has 0 radical (unpaired) electrons. The van der Waals surface area contributed by atoms with Crippen LogP contribution in [0.3, 0.4) is 0 Å². The summed E-state index contributed by atoms with van der Waals surface area (Å²) in [6.45, 7) is 2.42. The van der Waals surface area contributed by atoms with Gasteiger partial charge >= 0.3 is 5.97 Å². The Hall–Kier alpha value is -3.55.